The van der Waals surface area contributed by atoms with Crippen LogP contribution in [0.4, 0.5) is 0 Å². The van der Waals surface area contributed by atoms with Gasteiger partial charge in [-0.15, -0.1) is 19.3 Å². The lowest BCUT2D eigenvalue weighted by atomic mass is 10.5. The van der Waals surface area contributed by atoms with Crippen molar-refractivity contribution in [1.29, 1.82) is 0 Å². The minimum absolute atomic E-state index is 0.906. The monoisotopic (exact) mass is 180 g/mol. The maximum Gasteiger partial charge on any atom is 0.0446 e. The van der Waals surface area contributed by atoms with Crippen LogP contribution in [0, 0.1) is 0 Å². The minimum atomic E-state index is -0.906. The summed E-state index contributed by atoms with van der Waals surface area (Å²) in [5.74, 6) is 4.95. The van der Waals surface area contributed by atoms with Crippen LogP contribution in [-0.4, -0.2) is 23.0 Å². The number of rotatable bonds is 0. The Hall–Kier alpha value is 0.620. The lowest BCUT2D eigenvalue weighted by Gasteiger charge is -2.17. The van der Waals surface area contributed by atoms with E-state index in [0.717, 1.165) is 0 Å². The second kappa shape index (κ2) is 2.93. The first-order valence-electron chi connectivity index (χ1n) is 3.65. The first kappa shape index (κ1) is 7.28. The molecule has 2 rings (SSSR count). The summed E-state index contributed by atoms with van der Waals surface area (Å²) in [6.07, 6.45) is 2.56. The first-order valence-corrected chi connectivity index (χ1v) is 6.63. The zero-order chi connectivity index (χ0) is 6.86. The van der Waals surface area contributed by atoms with Crippen LogP contribution in [0.15, 0.2) is 0 Å². The van der Waals surface area contributed by atoms with E-state index in [9.17, 15) is 0 Å². The van der Waals surface area contributed by atoms with Gasteiger partial charge in [0.2, 0.25) is 0 Å². The van der Waals surface area contributed by atoms with Crippen LogP contribution in [-0.2, 0) is 8.67 Å². The SMILES string of the molecule is C1CSCCCS2(C1)OO2. The third-order valence-electron chi connectivity index (χ3n) is 1.75. The normalized spacial score (nSPS) is 34.4. The molecule has 0 aliphatic carbocycles. The lowest BCUT2D eigenvalue weighted by Crippen LogP contribution is -2.02. The predicted molar refractivity (Wildman–Crippen MR) is 46.1 cm³/mol. The van der Waals surface area contributed by atoms with Gasteiger partial charge < -0.3 is 0 Å². The Morgan fingerprint density at radius 1 is 1.00 bits per heavy atom. The van der Waals surface area contributed by atoms with Crippen molar-refractivity contribution < 1.29 is 8.67 Å². The molecule has 2 heterocycles. The highest BCUT2D eigenvalue weighted by Gasteiger charge is 2.37. The van der Waals surface area contributed by atoms with Crippen molar-refractivity contribution in [1.82, 2.24) is 0 Å². The van der Waals surface area contributed by atoms with E-state index in [2.05, 4.69) is 11.8 Å². The molecule has 2 aliphatic heterocycles. The van der Waals surface area contributed by atoms with E-state index in [1.54, 1.807) is 0 Å². The van der Waals surface area contributed by atoms with Crippen molar-refractivity contribution in [3.05, 3.63) is 0 Å². The summed E-state index contributed by atoms with van der Waals surface area (Å²) in [5, 5.41) is 0. The van der Waals surface area contributed by atoms with E-state index in [4.69, 9.17) is 8.67 Å². The highest BCUT2D eigenvalue weighted by Crippen LogP contribution is 2.66. The van der Waals surface area contributed by atoms with E-state index >= 15 is 0 Å². The molecule has 0 aromatic carbocycles. The molecule has 0 N–H and O–H groups in total. The summed E-state index contributed by atoms with van der Waals surface area (Å²) >= 11 is 2.06. The average Bonchev–Trinajstić information content (AvgIpc) is 2.61. The van der Waals surface area contributed by atoms with Crippen molar-refractivity contribution in [2.75, 3.05) is 23.0 Å². The molecule has 0 aromatic heterocycles. The molecule has 0 atom stereocenters. The van der Waals surface area contributed by atoms with Crippen molar-refractivity contribution >= 4 is 22.4 Å². The van der Waals surface area contributed by atoms with E-state index in [0.29, 0.717) is 0 Å². The zero-order valence-corrected chi connectivity index (χ0v) is 7.51. The molecule has 2 nitrogen and oxygen atoms in total. The number of hydrogen-bond donors (Lipinski definition) is 0. The van der Waals surface area contributed by atoms with E-state index in [1.807, 2.05) is 0 Å². The summed E-state index contributed by atoms with van der Waals surface area (Å²) < 4.78 is 10.1. The molecule has 0 aromatic rings. The highest BCUT2D eigenvalue weighted by atomic mass is 32.3. The summed E-state index contributed by atoms with van der Waals surface area (Å²) in [6, 6.07) is 0. The van der Waals surface area contributed by atoms with Gasteiger partial charge in [-0.05, 0) is 24.3 Å². The van der Waals surface area contributed by atoms with Gasteiger partial charge in [0, 0.05) is 11.5 Å². The summed E-state index contributed by atoms with van der Waals surface area (Å²) in [6.45, 7) is 0. The van der Waals surface area contributed by atoms with Gasteiger partial charge in [0.05, 0.1) is 0 Å². The molecular formula is C6H12O2S2. The molecule has 1 spiro atoms. The molecule has 2 aliphatic rings. The van der Waals surface area contributed by atoms with Crippen molar-refractivity contribution in [3.8, 4) is 0 Å². The van der Waals surface area contributed by atoms with Crippen LogP contribution in [0.1, 0.15) is 12.8 Å². The highest BCUT2D eigenvalue weighted by molar-refractivity contribution is 8.29. The minimum Gasteiger partial charge on any atom is -0.162 e. The predicted octanol–water partition coefficient (Wildman–Crippen LogP) is 2.11. The van der Waals surface area contributed by atoms with Gasteiger partial charge in [-0.2, -0.15) is 11.8 Å². The van der Waals surface area contributed by atoms with Gasteiger partial charge in [-0.3, -0.25) is 0 Å². The molecule has 2 saturated heterocycles. The van der Waals surface area contributed by atoms with Crippen LogP contribution >= 0.6 is 22.4 Å². The first-order chi connectivity index (χ1) is 4.91. The quantitative estimate of drug-likeness (QED) is 0.421. The summed E-state index contributed by atoms with van der Waals surface area (Å²) in [7, 11) is -0.906. The second-order valence-corrected chi connectivity index (χ2v) is 6.41. The number of thioether (sulfide) groups is 1. The maximum atomic E-state index is 5.05. The van der Waals surface area contributed by atoms with Crippen LogP contribution in [0.5, 0.6) is 0 Å². The molecule has 0 radical (unpaired) electrons. The van der Waals surface area contributed by atoms with E-state index in [1.165, 1.54) is 35.9 Å². The zero-order valence-electron chi connectivity index (χ0n) is 5.88. The maximum absolute atomic E-state index is 5.05. The molecule has 0 bridgehead atoms. The van der Waals surface area contributed by atoms with E-state index in [-0.39, 0.29) is 0 Å². The fourth-order valence-corrected chi connectivity index (χ4v) is 4.37. The Morgan fingerprint density at radius 3 is 2.10 bits per heavy atom. The molecule has 2 fully saturated rings. The van der Waals surface area contributed by atoms with Gasteiger partial charge in [-0.25, -0.2) is 0 Å². The molecule has 0 unspecified atom stereocenters. The summed E-state index contributed by atoms with van der Waals surface area (Å²) in [4.78, 5) is 0. The summed E-state index contributed by atoms with van der Waals surface area (Å²) in [5.41, 5.74) is 0. The van der Waals surface area contributed by atoms with Gasteiger partial charge in [0.25, 0.3) is 0 Å². The molecular weight excluding hydrogens is 168 g/mol. The van der Waals surface area contributed by atoms with Crippen LogP contribution < -0.4 is 0 Å². The topological polar surface area (TPSA) is 25.1 Å². The van der Waals surface area contributed by atoms with Crippen molar-refractivity contribution in [3.63, 3.8) is 0 Å². The van der Waals surface area contributed by atoms with Crippen LogP contribution in [0.3, 0.4) is 0 Å². The Labute approximate surface area is 67.3 Å². The average molecular weight is 180 g/mol. The van der Waals surface area contributed by atoms with Crippen molar-refractivity contribution in [2.45, 2.75) is 12.8 Å². The second-order valence-electron chi connectivity index (χ2n) is 2.61. The van der Waals surface area contributed by atoms with Gasteiger partial charge in [0.1, 0.15) is 0 Å². The Balaban J connectivity index is 1.84. The van der Waals surface area contributed by atoms with Crippen LogP contribution in [0.2, 0.25) is 0 Å². The smallest absolute Gasteiger partial charge is 0.0446 e. The number of hydrogen-bond acceptors (Lipinski definition) is 3. The molecule has 0 amide bonds. The third-order valence-corrected chi connectivity index (χ3v) is 5.25. The lowest BCUT2D eigenvalue weighted by molar-refractivity contribution is 0.0850. The van der Waals surface area contributed by atoms with Crippen molar-refractivity contribution in [2.24, 2.45) is 0 Å². The van der Waals surface area contributed by atoms with Gasteiger partial charge in [-0.1, -0.05) is 0 Å². The van der Waals surface area contributed by atoms with Gasteiger partial charge >= 0.3 is 0 Å². The molecule has 4 heteroatoms. The Kier molecular flexibility index (Phi) is 2.13. The molecule has 0 saturated carbocycles. The molecule has 60 valence electrons. The Bertz CT molecular complexity index is 115. The largest absolute Gasteiger partial charge is 0.162 e. The molecule has 10 heavy (non-hydrogen) atoms. The van der Waals surface area contributed by atoms with Gasteiger partial charge in [0.15, 0.2) is 0 Å². The standard InChI is InChI=1S/C6H12O2S2/c1-3-9-4-2-6-10(5-1)7-8-10/h1-6H2. The third kappa shape index (κ3) is 1.61. The Morgan fingerprint density at radius 2 is 1.60 bits per heavy atom. The fraction of sp³-hybridized carbons (Fsp3) is 1.00. The van der Waals surface area contributed by atoms with Crippen LogP contribution in [0.25, 0.3) is 0 Å². The van der Waals surface area contributed by atoms with E-state index < -0.39 is 10.6 Å². The fourth-order valence-electron chi connectivity index (χ4n) is 1.14.